The van der Waals surface area contributed by atoms with Crippen molar-refractivity contribution in [2.24, 2.45) is 5.41 Å². The minimum Gasteiger partial charge on any atom is -0.306 e. The molecular weight excluding hydrogens is 206 g/mol. The Bertz CT molecular complexity index is 341. The number of hydrogen-bond acceptors (Lipinski definition) is 1. The second-order valence-corrected chi connectivity index (χ2v) is 5.80. The summed E-state index contributed by atoms with van der Waals surface area (Å²) in [7, 11) is 2.24. The summed E-state index contributed by atoms with van der Waals surface area (Å²) in [6, 6.07) is 0. The molecule has 1 spiro atoms. The molecule has 1 aliphatic heterocycles. The van der Waals surface area contributed by atoms with Gasteiger partial charge in [-0.15, -0.1) is 0 Å². The van der Waals surface area contributed by atoms with Gasteiger partial charge in [0.1, 0.15) is 0 Å². The van der Waals surface area contributed by atoms with E-state index in [1.54, 1.807) is 0 Å². The molecule has 2 rings (SSSR count). The van der Waals surface area contributed by atoms with Crippen LogP contribution in [0.1, 0.15) is 39.0 Å². The summed E-state index contributed by atoms with van der Waals surface area (Å²) < 4.78 is 0. The lowest BCUT2D eigenvalue weighted by molar-refractivity contribution is 0.106. The van der Waals surface area contributed by atoms with E-state index in [1.165, 1.54) is 56.3 Å². The maximum Gasteiger partial charge on any atom is -0.00164 e. The Labute approximate surface area is 106 Å². The molecule has 1 heteroatoms. The molecule has 17 heavy (non-hydrogen) atoms. The summed E-state index contributed by atoms with van der Waals surface area (Å²) in [6.07, 6.45) is 13.0. The molecule has 0 aromatic heterocycles. The molecule has 0 bridgehead atoms. The fraction of sp³-hybridized carbons (Fsp3) is 0.625. The van der Waals surface area contributed by atoms with Crippen molar-refractivity contribution in [3.05, 3.63) is 36.0 Å². The first kappa shape index (κ1) is 12.6. The lowest BCUT2D eigenvalue weighted by atomic mass is 9.65. The lowest BCUT2D eigenvalue weighted by Crippen LogP contribution is -2.39. The second-order valence-electron chi connectivity index (χ2n) is 5.80. The molecule has 0 atom stereocenters. The van der Waals surface area contributed by atoms with Crippen LogP contribution in [-0.4, -0.2) is 25.0 Å². The molecule has 1 nitrogen and oxygen atoms in total. The number of nitrogens with zero attached hydrogens (tertiary/aromatic N) is 1. The van der Waals surface area contributed by atoms with Gasteiger partial charge in [0.25, 0.3) is 0 Å². The van der Waals surface area contributed by atoms with Crippen molar-refractivity contribution in [1.29, 1.82) is 0 Å². The Morgan fingerprint density at radius 2 is 1.94 bits per heavy atom. The van der Waals surface area contributed by atoms with E-state index in [2.05, 4.69) is 43.7 Å². The third kappa shape index (κ3) is 2.90. The quantitative estimate of drug-likeness (QED) is 0.660. The zero-order valence-electron chi connectivity index (χ0n) is 11.3. The third-order valence-electron chi connectivity index (χ3n) is 4.50. The highest BCUT2D eigenvalue weighted by Gasteiger charge is 2.37. The van der Waals surface area contributed by atoms with Crippen LogP contribution in [0.4, 0.5) is 0 Å². The van der Waals surface area contributed by atoms with E-state index in [1.807, 2.05) is 0 Å². The largest absolute Gasteiger partial charge is 0.306 e. The monoisotopic (exact) mass is 231 g/mol. The number of rotatable bonds is 1. The van der Waals surface area contributed by atoms with Crippen molar-refractivity contribution in [1.82, 2.24) is 4.90 Å². The van der Waals surface area contributed by atoms with E-state index >= 15 is 0 Å². The Balaban J connectivity index is 2.02. The Morgan fingerprint density at radius 1 is 1.24 bits per heavy atom. The van der Waals surface area contributed by atoms with Gasteiger partial charge in [0, 0.05) is 0 Å². The van der Waals surface area contributed by atoms with Crippen molar-refractivity contribution < 1.29 is 0 Å². The van der Waals surface area contributed by atoms with Crippen LogP contribution < -0.4 is 0 Å². The van der Waals surface area contributed by atoms with Gasteiger partial charge in [0.15, 0.2) is 0 Å². The topological polar surface area (TPSA) is 3.24 Å². The molecule has 94 valence electrons. The van der Waals surface area contributed by atoms with Gasteiger partial charge in [-0.25, -0.2) is 0 Å². The standard InChI is InChI=1S/C16H25N/c1-4-5-6-15-7-8-16(13-14(15)2)9-11-17(3)12-10-16/h4-6H,2,7-13H2,1,3H3/b5-4-,15-6-. The highest BCUT2D eigenvalue weighted by Crippen LogP contribution is 2.47. The lowest BCUT2D eigenvalue weighted by Gasteiger charge is -2.44. The summed E-state index contributed by atoms with van der Waals surface area (Å²) >= 11 is 0. The van der Waals surface area contributed by atoms with Crippen molar-refractivity contribution in [2.75, 3.05) is 20.1 Å². The maximum absolute atomic E-state index is 4.30. The van der Waals surface area contributed by atoms with Crippen LogP contribution in [0.2, 0.25) is 0 Å². The minimum absolute atomic E-state index is 0.580. The molecule has 0 unspecified atom stereocenters. The molecule has 1 heterocycles. The summed E-state index contributed by atoms with van der Waals surface area (Å²) in [5, 5.41) is 0. The predicted octanol–water partition coefficient (Wildman–Crippen LogP) is 3.94. The van der Waals surface area contributed by atoms with Crippen LogP contribution in [0.25, 0.3) is 0 Å². The van der Waals surface area contributed by atoms with E-state index in [4.69, 9.17) is 0 Å². The summed E-state index contributed by atoms with van der Waals surface area (Å²) in [6.45, 7) is 8.90. The van der Waals surface area contributed by atoms with E-state index in [-0.39, 0.29) is 0 Å². The zero-order valence-corrected chi connectivity index (χ0v) is 11.3. The van der Waals surface area contributed by atoms with Crippen LogP contribution in [0.5, 0.6) is 0 Å². The van der Waals surface area contributed by atoms with Crippen molar-refractivity contribution in [3.8, 4) is 0 Å². The minimum atomic E-state index is 0.580. The van der Waals surface area contributed by atoms with Crippen LogP contribution in [0, 0.1) is 5.41 Å². The normalized spacial score (nSPS) is 28.4. The van der Waals surface area contributed by atoms with Gasteiger partial charge in [0.2, 0.25) is 0 Å². The van der Waals surface area contributed by atoms with Crippen LogP contribution in [-0.2, 0) is 0 Å². The molecule has 0 radical (unpaired) electrons. The van der Waals surface area contributed by atoms with E-state index < -0.39 is 0 Å². The second kappa shape index (κ2) is 5.22. The average molecular weight is 231 g/mol. The van der Waals surface area contributed by atoms with Gasteiger partial charge in [-0.3, -0.25) is 0 Å². The first-order valence-electron chi connectivity index (χ1n) is 6.84. The van der Waals surface area contributed by atoms with Crippen LogP contribution in [0.15, 0.2) is 36.0 Å². The van der Waals surface area contributed by atoms with E-state index in [9.17, 15) is 0 Å². The Morgan fingerprint density at radius 3 is 2.53 bits per heavy atom. The fourth-order valence-corrected chi connectivity index (χ4v) is 3.16. The molecule has 1 aliphatic carbocycles. The molecule has 2 fully saturated rings. The van der Waals surface area contributed by atoms with Crippen molar-refractivity contribution in [3.63, 3.8) is 0 Å². The molecule has 1 saturated heterocycles. The van der Waals surface area contributed by atoms with Crippen molar-refractivity contribution in [2.45, 2.75) is 39.0 Å². The van der Waals surface area contributed by atoms with Gasteiger partial charge in [-0.1, -0.05) is 30.4 Å². The van der Waals surface area contributed by atoms with Gasteiger partial charge in [-0.2, -0.15) is 0 Å². The molecular formula is C16H25N. The summed E-state index contributed by atoms with van der Waals surface area (Å²) in [5.74, 6) is 0. The summed E-state index contributed by atoms with van der Waals surface area (Å²) in [5.41, 5.74) is 3.45. The fourth-order valence-electron chi connectivity index (χ4n) is 3.16. The average Bonchev–Trinajstić information content (AvgIpc) is 2.33. The number of allylic oxidation sites excluding steroid dienone is 5. The number of likely N-dealkylation sites (tertiary alicyclic amines) is 1. The number of hydrogen-bond donors (Lipinski definition) is 0. The van der Waals surface area contributed by atoms with E-state index in [0.717, 1.165) is 0 Å². The van der Waals surface area contributed by atoms with E-state index in [0.29, 0.717) is 5.41 Å². The first-order chi connectivity index (χ1) is 8.15. The maximum atomic E-state index is 4.30. The van der Waals surface area contributed by atoms with Gasteiger partial charge >= 0.3 is 0 Å². The summed E-state index contributed by atoms with van der Waals surface area (Å²) in [4.78, 5) is 2.46. The molecule has 0 aromatic carbocycles. The SMILES string of the molecule is C=C1CC2(CC/C1=C/C=C\C)CCN(C)CC2. The molecule has 1 saturated carbocycles. The highest BCUT2D eigenvalue weighted by molar-refractivity contribution is 5.35. The Hall–Kier alpha value is -0.820. The van der Waals surface area contributed by atoms with Crippen molar-refractivity contribution >= 4 is 0 Å². The van der Waals surface area contributed by atoms with Crippen LogP contribution >= 0.6 is 0 Å². The first-order valence-corrected chi connectivity index (χ1v) is 6.84. The molecule has 0 aromatic rings. The van der Waals surface area contributed by atoms with Gasteiger partial charge in [0.05, 0.1) is 0 Å². The highest BCUT2D eigenvalue weighted by atomic mass is 15.1. The van der Waals surface area contributed by atoms with Gasteiger partial charge < -0.3 is 4.90 Å². The zero-order chi connectivity index (χ0) is 12.3. The molecule has 0 amide bonds. The molecule has 0 N–H and O–H groups in total. The van der Waals surface area contributed by atoms with Gasteiger partial charge in [-0.05, 0) is 70.2 Å². The smallest absolute Gasteiger partial charge is 0.00164 e. The predicted molar refractivity (Wildman–Crippen MR) is 75.1 cm³/mol. The van der Waals surface area contributed by atoms with Crippen LogP contribution in [0.3, 0.4) is 0 Å². The third-order valence-corrected chi connectivity index (χ3v) is 4.50. The molecule has 2 aliphatic rings. The Kier molecular flexibility index (Phi) is 3.88. The number of piperidine rings is 1.